The molecule has 0 spiro atoms. The second-order valence-electron chi connectivity index (χ2n) is 5.81. The van der Waals surface area contributed by atoms with Crippen LogP contribution >= 0.6 is 0 Å². The maximum absolute atomic E-state index is 6.02. The van der Waals surface area contributed by atoms with Gasteiger partial charge in [0.15, 0.2) is 5.82 Å². The van der Waals surface area contributed by atoms with Crippen molar-refractivity contribution in [1.29, 1.82) is 0 Å². The fraction of sp³-hybridized carbons (Fsp3) is 0.500. The summed E-state index contributed by atoms with van der Waals surface area (Å²) in [7, 11) is 0. The molecule has 4 heteroatoms. The predicted molar refractivity (Wildman–Crippen MR) is 79.5 cm³/mol. The standard InChI is InChI=1S/C16H23N3O/c1-10(2)14(17)9-16-18-15(19-20-16)8-13-6-5-11(3)12(4)7-13/h5-7,10,14H,8-9,17H2,1-4H3. The SMILES string of the molecule is Cc1ccc(Cc2noc(CC(N)C(C)C)n2)cc1C. The quantitative estimate of drug-likeness (QED) is 0.909. The normalized spacial score (nSPS) is 12.9. The Kier molecular flexibility index (Phi) is 4.55. The zero-order chi connectivity index (χ0) is 14.7. The molecule has 108 valence electrons. The average molecular weight is 273 g/mol. The fourth-order valence-corrected chi connectivity index (χ4v) is 1.98. The summed E-state index contributed by atoms with van der Waals surface area (Å²) >= 11 is 0. The summed E-state index contributed by atoms with van der Waals surface area (Å²) in [6, 6.07) is 6.47. The second-order valence-corrected chi connectivity index (χ2v) is 5.81. The van der Waals surface area contributed by atoms with Crippen LogP contribution in [0.3, 0.4) is 0 Å². The molecule has 2 N–H and O–H groups in total. The Bertz CT molecular complexity index is 575. The van der Waals surface area contributed by atoms with E-state index in [0.717, 1.165) is 5.82 Å². The molecule has 20 heavy (non-hydrogen) atoms. The summed E-state index contributed by atoms with van der Waals surface area (Å²) in [6.07, 6.45) is 1.33. The first-order chi connectivity index (χ1) is 9.45. The highest BCUT2D eigenvalue weighted by molar-refractivity contribution is 5.31. The second kappa shape index (κ2) is 6.18. The number of rotatable bonds is 5. The maximum atomic E-state index is 6.02. The van der Waals surface area contributed by atoms with Gasteiger partial charge in [-0.2, -0.15) is 4.98 Å². The van der Waals surface area contributed by atoms with Crippen molar-refractivity contribution < 1.29 is 4.52 Å². The van der Waals surface area contributed by atoms with E-state index in [0.29, 0.717) is 24.7 Å². The molecule has 1 atom stereocenters. The van der Waals surface area contributed by atoms with E-state index in [1.54, 1.807) is 0 Å². The van der Waals surface area contributed by atoms with Crippen molar-refractivity contribution in [3.05, 3.63) is 46.6 Å². The van der Waals surface area contributed by atoms with Gasteiger partial charge in [-0.15, -0.1) is 0 Å². The molecular formula is C16H23N3O. The highest BCUT2D eigenvalue weighted by Crippen LogP contribution is 2.13. The number of nitrogens with two attached hydrogens (primary N) is 1. The van der Waals surface area contributed by atoms with Crippen LogP contribution in [0.5, 0.6) is 0 Å². The van der Waals surface area contributed by atoms with Gasteiger partial charge in [-0.3, -0.25) is 0 Å². The Hall–Kier alpha value is -1.68. The minimum absolute atomic E-state index is 0.0601. The molecule has 2 aromatic rings. The Morgan fingerprint density at radius 3 is 2.60 bits per heavy atom. The Morgan fingerprint density at radius 2 is 1.95 bits per heavy atom. The van der Waals surface area contributed by atoms with Gasteiger partial charge in [0.05, 0.1) is 0 Å². The molecule has 0 radical (unpaired) electrons. The molecule has 0 fully saturated rings. The van der Waals surface area contributed by atoms with E-state index in [-0.39, 0.29) is 6.04 Å². The van der Waals surface area contributed by atoms with Crippen molar-refractivity contribution in [2.45, 2.75) is 46.6 Å². The number of nitrogens with zero attached hydrogens (tertiary/aromatic N) is 2. The van der Waals surface area contributed by atoms with Crippen LogP contribution in [-0.2, 0) is 12.8 Å². The minimum atomic E-state index is 0.0601. The number of hydrogen-bond acceptors (Lipinski definition) is 4. The molecule has 1 aromatic heterocycles. The van der Waals surface area contributed by atoms with Crippen molar-refractivity contribution >= 4 is 0 Å². The molecule has 0 saturated heterocycles. The molecule has 0 amide bonds. The zero-order valence-electron chi connectivity index (χ0n) is 12.7. The molecule has 1 unspecified atom stereocenters. The summed E-state index contributed by atoms with van der Waals surface area (Å²) in [5.74, 6) is 1.76. The number of aryl methyl sites for hydroxylation is 2. The predicted octanol–water partition coefficient (Wildman–Crippen LogP) is 2.80. The molecule has 2 rings (SSSR count). The van der Waals surface area contributed by atoms with Gasteiger partial charge in [0.25, 0.3) is 0 Å². The first-order valence-corrected chi connectivity index (χ1v) is 7.09. The molecule has 0 bridgehead atoms. The van der Waals surface area contributed by atoms with Crippen molar-refractivity contribution in [2.24, 2.45) is 11.7 Å². The lowest BCUT2D eigenvalue weighted by Crippen LogP contribution is -2.28. The van der Waals surface area contributed by atoms with Gasteiger partial charge in [0, 0.05) is 18.9 Å². The lowest BCUT2D eigenvalue weighted by atomic mass is 10.0. The highest BCUT2D eigenvalue weighted by Gasteiger charge is 2.14. The van der Waals surface area contributed by atoms with E-state index >= 15 is 0 Å². The fourth-order valence-electron chi connectivity index (χ4n) is 1.98. The summed E-state index contributed by atoms with van der Waals surface area (Å²) in [5.41, 5.74) is 9.80. The third-order valence-corrected chi connectivity index (χ3v) is 3.71. The van der Waals surface area contributed by atoms with E-state index in [1.165, 1.54) is 16.7 Å². The first kappa shape index (κ1) is 14.7. The van der Waals surface area contributed by atoms with Gasteiger partial charge in [-0.1, -0.05) is 37.2 Å². The summed E-state index contributed by atoms with van der Waals surface area (Å²) in [4.78, 5) is 4.42. The molecular weight excluding hydrogens is 250 g/mol. The minimum Gasteiger partial charge on any atom is -0.339 e. The maximum Gasteiger partial charge on any atom is 0.228 e. The lowest BCUT2D eigenvalue weighted by Gasteiger charge is -2.11. The van der Waals surface area contributed by atoms with E-state index in [4.69, 9.17) is 10.3 Å². The van der Waals surface area contributed by atoms with Crippen molar-refractivity contribution in [1.82, 2.24) is 10.1 Å². The molecule has 0 saturated carbocycles. The number of aromatic nitrogens is 2. The third kappa shape index (κ3) is 3.67. The smallest absolute Gasteiger partial charge is 0.228 e. The number of hydrogen-bond donors (Lipinski definition) is 1. The summed E-state index contributed by atoms with van der Waals surface area (Å²) < 4.78 is 5.27. The van der Waals surface area contributed by atoms with Crippen LogP contribution in [0.25, 0.3) is 0 Å². The van der Waals surface area contributed by atoms with Crippen LogP contribution in [-0.4, -0.2) is 16.2 Å². The largest absolute Gasteiger partial charge is 0.339 e. The van der Waals surface area contributed by atoms with E-state index in [9.17, 15) is 0 Å². The Labute approximate surface area is 120 Å². The Morgan fingerprint density at radius 1 is 1.20 bits per heavy atom. The average Bonchev–Trinajstić information content (AvgIpc) is 2.81. The first-order valence-electron chi connectivity index (χ1n) is 7.09. The van der Waals surface area contributed by atoms with Crippen LogP contribution in [0.2, 0.25) is 0 Å². The van der Waals surface area contributed by atoms with E-state index < -0.39 is 0 Å². The van der Waals surface area contributed by atoms with E-state index in [1.807, 2.05) is 0 Å². The molecule has 0 aliphatic carbocycles. The Balaban J connectivity index is 2.03. The molecule has 4 nitrogen and oxygen atoms in total. The topological polar surface area (TPSA) is 64.9 Å². The monoisotopic (exact) mass is 273 g/mol. The van der Waals surface area contributed by atoms with Gasteiger partial charge in [0.1, 0.15) is 0 Å². The molecule has 1 heterocycles. The van der Waals surface area contributed by atoms with Crippen LogP contribution in [0.1, 0.15) is 42.3 Å². The van der Waals surface area contributed by atoms with Crippen molar-refractivity contribution in [2.75, 3.05) is 0 Å². The van der Waals surface area contributed by atoms with Crippen LogP contribution < -0.4 is 5.73 Å². The third-order valence-electron chi connectivity index (χ3n) is 3.71. The van der Waals surface area contributed by atoms with Gasteiger partial charge in [-0.25, -0.2) is 0 Å². The molecule has 0 aliphatic heterocycles. The van der Waals surface area contributed by atoms with Crippen molar-refractivity contribution in [3.8, 4) is 0 Å². The van der Waals surface area contributed by atoms with Gasteiger partial charge in [0.2, 0.25) is 5.89 Å². The highest BCUT2D eigenvalue weighted by atomic mass is 16.5. The summed E-state index contributed by atoms with van der Waals surface area (Å²) in [6.45, 7) is 8.41. The van der Waals surface area contributed by atoms with Gasteiger partial charge >= 0.3 is 0 Å². The number of benzene rings is 1. The van der Waals surface area contributed by atoms with Crippen LogP contribution in [0.15, 0.2) is 22.7 Å². The van der Waals surface area contributed by atoms with Crippen LogP contribution in [0, 0.1) is 19.8 Å². The lowest BCUT2D eigenvalue weighted by molar-refractivity contribution is 0.350. The van der Waals surface area contributed by atoms with Crippen LogP contribution in [0.4, 0.5) is 0 Å². The van der Waals surface area contributed by atoms with Crippen molar-refractivity contribution in [3.63, 3.8) is 0 Å². The molecule has 1 aromatic carbocycles. The summed E-state index contributed by atoms with van der Waals surface area (Å²) in [5, 5.41) is 4.03. The van der Waals surface area contributed by atoms with Gasteiger partial charge in [-0.05, 0) is 36.5 Å². The van der Waals surface area contributed by atoms with Gasteiger partial charge < -0.3 is 10.3 Å². The van der Waals surface area contributed by atoms with E-state index in [2.05, 4.69) is 56.0 Å². The zero-order valence-corrected chi connectivity index (χ0v) is 12.7. The molecule has 0 aliphatic rings.